The number of para-hydroxylation sites is 1. The van der Waals surface area contributed by atoms with Crippen LogP contribution in [0.2, 0.25) is 5.02 Å². The van der Waals surface area contributed by atoms with Gasteiger partial charge >= 0.3 is 0 Å². The van der Waals surface area contributed by atoms with Gasteiger partial charge in [-0.15, -0.1) is 0 Å². The van der Waals surface area contributed by atoms with Crippen LogP contribution in [-0.2, 0) is 12.2 Å². The van der Waals surface area contributed by atoms with Crippen LogP contribution in [0.1, 0.15) is 30.6 Å². The van der Waals surface area contributed by atoms with Crippen molar-refractivity contribution in [1.29, 1.82) is 0 Å². The van der Waals surface area contributed by atoms with E-state index in [-0.39, 0.29) is 17.2 Å². The number of pyridine rings is 1. The Labute approximate surface area is 211 Å². The molecule has 0 aliphatic rings. The molecule has 5 aromatic rings. The predicted octanol–water partition coefficient (Wildman–Crippen LogP) is 5.54. The molecule has 0 bridgehead atoms. The van der Waals surface area contributed by atoms with E-state index >= 15 is 0 Å². The molecule has 0 saturated carbocycles. The third kappa shape index (κ3) is 4.88. The molecule has 35 heavy (non-hydrogen) atoms. The maximum atomic E-state index is 13.6. The molecule has 0 aliphatic carbocycles. The number of nitrogens with zero attached hydrogens (tertiary/aromatic N) is 4. The molecular weight excluding hydrogens is 480 g/mol. The van der Waals surface area contributed by atoms with Gasteiger partial charge in [-0.3, -0.25) is 18.6 Å². The Kier molecular flexibility index (Phi) is 6.70. The van der Waals surface area contributed by atoms with Crippen LogP contribution in [0.5, 0.6) is 0 Å². The molecule has 5 rings (SSSR count). The lowest BCUT2D eigenvalue weighted by molar-refractivity contribution is 0.430. The molecule has 3 aromatic heterocycles. The first kappa shape index (κ1) is 23.3. The van der Waals surface area contributed by atoms with Crippen molar-refractivity contribution in [2.45, 2.75) is 36.7 Å². The van der Waals surface area contributed by atoms with Crippen molar-refractivity contribution in [2.75, 3.05) is 0 Å². The van der Waals surface area contributed by atoms with Crippen LogP contribution in [0.25, 0.3) is 16.6 Å². The van der Waals surface area contributed by atoms with E-state index in [0.717, 1.165) is 12.8 Å². The van der Waals surface area contributed by atoms with Gasteiger partial charge in [-0.05, 0) is 42.7 Å². The highest BCUT2D eigenvalue weighted by Crippen LogP contribution is 2.27. The van der Waals surface area contributed by atoms with Crippen molar-refractivity contribution >= 4 is 39.9 Å². The van der Waals surface area contributed by atoms with Crippen molar-refractivity contribution in [3.05, 3.63) is 116 Å². The molecule has 6 nitrogen and oxygen atoms in total. The fourth-order valence-corrected chi connectivity index (χ4v) is 5.31. The number of hydrogen-bond donors (Lipinski definition) is 0. The summed E-state index contributed by atoms with van der Waals surface area (Å²) in [5.74, 6) is 0.404. The van der Waals surface area contributed by atoms with Gasteiger partial charge in [-0.1, -0.05) is 72.8 Å². The quantitative estimate of drug-likeness (QED) is 0.216. The topological polar surface area (TPSA) is 69.3 Å². The molecule has 1 atom stereocenters. The zero-order chi connectivity index (χ0) is 24.4. The Morgan fingerprint density at radius 1 is 0.971 bits per heavy atom. The molecule has 2 aromatic carbocycles. The van der Waals surface area contributed by atoms with Crippen LogP contribution < -0.4 is 11.1 Å². The fraction of sp³-hybridized carbons (Fsp3) is 0.185. The van der Waals surface area contributed by atoms with Gasteiger partial charge in [0.05, 0.1) is 21.6 Å². The molecule has 8 heteroatoms. The third-order valence-electron chi connectivity index (χ3n) is 5.95. The number of halogens is 1. The highest BCUT2D eigenvalue weighted by Gasteiger charge is 2.19. The minimum atomic E-state index is -0.201. The maximum Gasteiger partial charge on any atom is 0.262 e. The Morgan fingerprint density at radius 3 is 2.54 bits per heavy atom. The first-order valence-corrected chi connectivity index (χ1v) is 12.8. The summed E-state index contributed by atoms with van der Waals surface area (Å²) in [4.78, 5) is 35.7. The van der Waals surface area contributed by atoms with Crippen molar-refractivity contribution in [1.82, 2.24) is 18.9 Å². The van der Waals surface area contributed by atoms with Gasteiger partial charge in [-0.2, -0.15) is 0 Å². The van der Waals surface area contributed by atoms with Gasteiger partial charge < -0.3 is 0 Å². The van der Waals surface area contributed by atoms with Gasteiger partial charge in [0, 0.05) is 24.1 Å². The van der Waals surface area contributed by atoms with Gasteiger partial charge in [0.1, 0.15) is 5.65 Å². The Balaban J connectivity index is 1.55. The summed E-state index contributed by atoms with van der Waals surface area (Å²) in [5, 5.41) is 1.69. The molecule has 0 saturated heterocycles. The molecule has 1 unspecified atom stereocenters. The summed E-state index contributed by atoms with van der Waals surface area (Å²) < 4.78 is 3.24. The number of rotatable bonds is 7. The molecule has 0 spiro atoms. The molecule has 0 radical (unpaired) electrons. The average Bonchev–Trinajstić information content (AvgIpc) is 2.87. The average molecular weight is 503 g/mol. The van der Waals surface area contributed by atoms with E-state index in [4.69, 9.17) is 16.6 Å². The zero-order valence-electron chi connectivity index (χ0n) is 19.1. The number of aromatic nitrogens is 4. The Hall–Kier alpha value is -3.42. The van der Waals surface area contributed by atoms with Gasteiger partial charge in [0.15, 0.2) is 5.16 Å². The highest BCUT2D eigenvalue weighted by molar-refractivity contribution is 7.98. The van der Waals surface area contributed by atoms with Crippen molar-refractivity contribution in [2.24, 2.45) is 0 Å². The molecular formula is C27H23ClN4O2S. The molecule has 0 N–H and O–H groups in total. The van der Waals surface area contributed by atoms with Crippen LogP contribution in [0.15, 0.2) is 93.7 Å². The number of thioether (sulfide) groups is 1. The van der Waals surface area contributed by atoms with Crippen LogP contribution in [0.4, 0.5) is 0 Å². The fourth-order valence-electron chi connectivity index (χ4n) is 4.19. The Morgan fingerprint density at radius 2 is 1.74 bits per heavy atom. The van der Waals surface area contributed by atoms with Gasteiger partial charge in [0.2, 0.25) is 0 Å². The van der Waals surface area contributed by atoms with Crippen molar-refractivity contribution < 1.29 is 0 Å². The van der Waals surface area contributed by atoms with E-state index in [1.165, 1.54) is 27.8 Å². The summed E-state index contributed by atoms with van der Waals surface area (Å²) in [6.07, 6.45) is 3.06. The molecule has 0 amide bonds. The second kappa shape index (κ2) is 10.1. The second-order valence-electron chi connectivity index (χ2n) is 8.29. The Bertz CT molecular complexity index is 1630. The highest BCUT2D eigenvalue weighted by atomic mass is 35.5. The number of fused-ring (bicyclic) bond motifs is 2. The number of benzene rings is 2. The lowest BCUT2D eigenvalue weighted by atomic mass is 10.0. The van der Waals surface area contributed by atoms with E-state index in [9.17, 15) is 9.59 Å². The summed E-state index contributed by atoms with van der Waals surface area (Å²) in [5.41, 5.74) is 2.71. The monoisotopic (exact) mass is 502 g/mol. The summed E-state index contributed by atoms with van der Waals surface area (Å²) in [6, 6.07) is 22.5. The standard InChI is InChI=1S/C27H23ClN4O2S/c1-2-21(14-18-8-4-3-5-9-18)32-26(34)22-10-6-7-11-23(22)30-27(32)35-17-20-15-25(33)31-16-19(28)12-13-24(31)29-20/h3-13,15-16,21H,2,14,17H2,1H3. The van der Waals surface area contributed by atoms with Crippen molar-refractivity contribution in [3.8, 4) is 0 Å². The van der Waals surface area contributed by atoms with Crippen LogP contribution in [0, 0.1) is 0 Å². The molecule has 3 heterocycles. The lowest BCUT2D eigenvalue weighted by Crippen LogP contribution is -2.28. The summed E-state index contributed by atoms with van der Waals surface area (Å²) in [7, 11) is 0. The summed E-state index contributed by atoms with van der Waals surface area (Å²) >= 11 is 7.44. The minimum Gasteiger partial charge on any atom is -0.284 e. The first-order valence-electron chi connectivity index (χ1n) is 11.4. The first-order chi connectivity index (χ1) is 17.0. The van der Waals surface area contributed by atoms with Crippen molar-refractivity contribution in [3.63, 3.8) is 0 Å². The zero-order valence-corrected chi connectivity index (χ0v) is 20.7. The second-order valence-corrected chi connectivity index (χ2v) is 9.67. The number of hydrogen-bond acceptors (Lipinski definition) is 5. The minimum absolute atomic E-state index is 0.0536. The van der Waals surface area contributed by atoms with E-state index in [2.05, 4.69) is 24.0 Å². The lowest BCUT2D eigenvalue weighted by Gasteiger charge is -2.22. The van der Waals surface area contributed by atoms with Crippen LogP contribution in [0.3, 0.4) is 0 Å². The largest absolute Gasteiger partial charge is 0.284 e. The molecule has 0 aliphatic heterocycles. The van der Waals surface area contributed by atoms with E-state index in [1.807, 2.05) is 47.0 Å². The normalized spacial score (nSPS) is 12.3. The predicted molar refractivity (Wildman–Crippen MR) is 142 cm³/mol. The molecule has 176 valence electrons. The summed E-state index contributed by atoms with van der Waals surface area (Å²) in [6.45, 7) is 2.08. The van der Waals surface area contributed by atoms with E-state index in [1.54, 1.807) is 18.3 Å². The van der Waals surface area contributed by atoms with Crippen LogP contribution in [-0.4, -0.2) is 18.9 Å². The van der Waals surface area contributed by atoms with E-state index < -0.39 is 0 Å². The maximum absolute atomic E-state index is 13.6. The van der Waals surface area contributed by atoms with Gasteiger partial charge in [-0.25, -0.2) is 9.97 Å². The smallest absolute Gasteiger partial charge is 0.262 e. The van der Waals surface area contributed by atoms with Gasteiger partial charge in [0.25, 0.3) is 11.1 Å². The third-order valence-corrected chi connectivity index (χ3v) is 7.16. The van der Waals surface area contributed by atoms with E-state index in [0.29, 0.717) is 38.2 Å². The molecule has 0 fully saturated rings. The van der Waals surface area contributed by atoms with Crippen LogP contribution >= 0.6 is 23.4 Å². The SMILES string of the molecule is CCC(Cc1ccccc1)n1c(SCc2cc(=O)n3cc(Cl)ccc3n2)nc2ccccc2c1=O.